The number of hydrogen-bond donors (Lipinski definition) is 4. The zero-order valence-corrected chi connectivity index (χ0v) is 15.1. The van der Waals surface area contributed by atoms with Gasteiger partial charge in [-0.1, -0.05) is 24.4 Å². The summed E-state index contributed by atoms with van der Waals surface area (Å²) in [5, 5.41) is 13.0. The molecule has 26 heavy (non-hydrogen) atoms. The minimum Gasteiger partial charge on any atom is -0.506 e. The number of benzene rings is 1. The van der Waals surface area contributed by atoms with Crippen molar-refractivity contribution in [3.05, 3.63) is 23.2 Å². The number of amides is 2. The van der Waals surface area contributed by atoms with Gasteiger partial charge in [-0.05, 0) is 31.0 Å². The fourth-order valence-corrected chi connectivity index (χ4v) is 4.52. The van der Waals surface area contributed by atoms with Crippen molar-refractivity contribution >= 4 is 29.1 Å². The summed E-state index contributed by atoms with van der Waals surface area (Å²) in [7, 11) is 0. The molecule has 0 bridgehead atoms. The molecule has 140 valence electrons. The lowest BCUT2D eigenvalue weighted by Gasteiger charge is -2.32. The molecule has 4 rings (SSSR count). The third-order valence-corrected chi connectivity index (χ3v) is 5.96. The Hall–Kier alpha value is -1.83. The van der Waals surface area contributed by atoms with Crippen LogP contribution in [-0.4, -0.2) is 40.6 Å². The van der Waals surface area contributed by atoms with E-state index in [-0.39, 0.29) is 35.8 Å². The van der Waals surface area contributed by atoms with Crippen LogP contribution in [0.1, 0.15) is 32.1 Å². The molecule has 1 aromatic carbocycles. The van der Waals surface area contributed by atoms with E-state index >= 15 is 0 Å². The van der Waals surface area contributed by atoms with Gasteiger partial charge in [-0.15, -0.1) is 0 Å². The molecule has 1 saturated carbocycles. The standard InChI is InChI=1S/C18H23ClN4O3/c19-11-5-6-15(24)14(8-11)20-18(26)10-7-16(25)23(9-10)17-12-3-1-2-4-13(12)21-22-17/h5-6,8,10,12-13,17,21-22,24H,1-4,7,9H2,(H,20,26). The number of anilines is 1. The summed E-state index contributed by atoms with van der Waals surface area (Å²) in [6.45, 7) is 0.383. The zero-order chi connectivity index (χ0) is 18.3. The van der Waals surface area contributed by atoms with E-state index in [1.165, 1.54) is 25.0 Å². The highest BCUT2D eigenvalue weighted by atomic mass is 35.5. The first kappa shape index (κ1) is 17.6. The van der Waals surface area contributed by atoms with Crippen LogP contribution in [0.25, 0.3) is 0 Å². The average Bonchev–Trinajstić information content (AvgIpc) is 3.21. The molecule has 2 amide bonds. The molecule has 2 saturated heterocycles. The van der Waals surface area contributed by atoms with Crippen LogP contribution in [0.5, 0.6) is 5.75 Å². The van der Waals surface area contributed by atoms with Crippen LogP contribution in [-0.2, 0) is 9.59 Å². The van der Waals surface area contributed by atoms with E-state index in [2.05, 4.69) is 16.2 Å². The largest absolute Gasteiger partial charge is 0.506 e. The highest BCUT2D eigenvalue weighted by molar-refractivity contribution is 6.31. The molecule has 8 heteroatoms. The SMILES string of the molecule is O=C(Nc1cc(Cl)ccc1O)C1CC(=O)N(C2NNC3CCCCC32)C1. The molecule has 0 aromatic heterocycles. The predicted molar refractivity (Wildman–Crippen MR) is 97.4 cm³/mol. The number of carbonyl (C=O) groups is 2. The Morgan fingerprint density at radius 3 is 2.92 bits per heavy atom. The summed E-state index contributed by atoms with van der Waals surface area (Å²) in [5.41, 5.74) is 6.84. The van der Waals surface area contributed by atoms with Crippen molar-refractivity contribution in [3.63, 3.8) is 0 Å². The highest BCUT2D eigenvalue weighted by Gasteiger charge is 2.46. The van der Waals surface area contributed by atoms with E-state index in [9.17, 15) is 14.7 Å². The van der Waals surface area contributed by atoms with Crippen LogP contribution in [0.15, 0.2) is 18.2 Å². The molecule has 0 radical (unpaired) electrons. The quantitative estimate of drug-likeness (QED) is 0.602. The van der Waals surface area contributed by atoms with Crippen LogP contribution in [0.3, 0.4) is 0 Å². The summed E-state index contributed by atoms with van der Waals surface area (Å²) in [6.07, 6.45) is 4.74. The Bertz CT molecular complexity index is 728. The minimum absolute atomic E-state index is 0.00834. The Morgan fingerprint density at radius 1 is 1.27 bits per heavy atom. The van der Waals surface area contributed by atoms with Crippen LogP contribution < -0.4 is 16.2 Å². The van der Waals surface area contributed by atoms with Gasteiger partial charge in [0.05, 0.1) is 17.8 Å². The number of hydrazine groups is 1. The van der Waals surface area contributed by atoms with E-state index in [4.69, 9.17) is 11.6 Å². The Kier molecular flexibility index (Phi) is 4.77. The molecular weight excluding hydrogens is 356 g/mol. The number of carbonyl (C=O) groups excluding carboxylic acids is 2. The Balaban J connectivity index is 1.42. The molecular formula is C18H23ClN4O3. The first-order valence-electron chi connectivity index (χ1n) is 9.13. The van der Waals surface area contributed by atoms with E-state index in [0.29, 0.717) is 23.5 Å². The van der Waals surface area contributed by atoms with Crippen LogP contribution >= 0.6 is 11.6 Å². The monoisotopic (exact) mass is 378 g/mol. The van der Waals surface area contributed by atoms with Gasteiger partial charge in [0.2, 0.25) is 11.8 Å². The summed E-state index contributed by atoms with van der Waals surface area (Å²) in [6, 6.07) is 4.88. The van der Waals surface area contributed by atoms with Gasteiger partial charge in [0.25, 0.3) is 0 Å². The Morgan fingerprint density at radius 2 is 2.08 bits per heavy atom. The van der Waals surface area contributed by atoms with Crippen molar-refractivity contribution in [2.24, 2.45) is 11.8 Å². The van der Waals surface area contributed by atoms with Gasteiger partial charge in [0.1, 0.15) is 5.75 Å². The van der Waals surface area contributed by atoms with Gasteiger partial charge in [0.15, 0.2) is 0 Å². The second-order valence-corrected chi connectivity index (χ2v) is 7.82. The summed E-state index contributed by atoms with van der Waals surface area (Å²) < 4.78 is 0. The first-order chi connectivity index (χ1) is 12.5. The Labute approximate surface area is 157 Å². The number of fused-ring (bicyclic) bond motifs is 1. The highest BCUT2D eigenvalue weighted by Crippen LogP contribution is 2.34. The van der Waals surface area contributed by atoms with Crippen molar-refractivity contribution in [2.75, 3.05) is 11.9 Å². The lowest BCUT2D eigenvalue weighted by molar-refractivity contribution is -0.131. The number of nitrogens with zero attached hydrogens (tertiary/aromatic N) is 1. The lowest BCUT2D eigenvalue weighted by Crippen LogP contribution is -2.48. The smallest absolute Gasteiger partial charge is 0.229 e. The van der Waals surface area contributed by atoms with Crippen molar-refractivity contribution in [2.45, 2.75) is 44.3 Å². The van der Waals surface area contributed by atoms with Gasteiger partial charge >= 0.3 is 0 Å². The van der Waals surface area contributed by atoms with Crippen LogP contribution in [0, 0.1) is 11.8 Å². The number of phenols is 1. The number of aromatic hydroxyl groups is 1. The van der Waals surface area contributed by atoms with Crippen LogP contribution in [0.2, 0.25) is 5.02 Å². The van der Waals surface area contributed by atoms with Crippen molar-refractivity contribution < 1.29 is 14.7 Å². The van der Waals surface area contributed by atoms with Gasteiger partial charge < -0.3 is 15.3 Å². The maximum absolute atomic E-state index is 12.6. The number of hydrogen-bond acceptors (Lipinski definition) is 5. The van der Waals surface area contributed by atoms with Gasteiger partial charge in [-0.25, -0.2) is 5.43 Å². The molecule has 4 unspecified atom stereocenters. The van der Waals surface area contributed by atoms with Crippen molar-refractivity contribution in [3.8, 4) is 5.75 Å². The normalized spacial score (nSPS) is 31.1. The second kappa shape index (κ2) is 7.06. The summed E-state index contributed by atoms with van der Waals surface area (Å²) in [5.74, 6) is -0.372. The molecule has 0 spiro atoms. The third-order valence-electron chi connectivity index (χ3n) is 5.72. The predicted octanol–water partition coefficient (Wildman–Crippen LogP) is 1.83. The molecule has 1 aliphatic carbocycles. The van der Waals surface area contributed by atoms with E-state index in [1.807, 2.05) is 0 Å². The van der Waals surface area contributed by atoms with E-state index in [0.717, 1.165) is 12.8 Å². The molecule has 7 nitrogen and oxygen atoms in total. The second-order valence-electron chi connectivity index (χ2n) is 7.39. The summed E-state index contributed by atoms with van der Waals surface area (Å²) in [4.78, 5) is 26.9. The summed E-state index contributed by atoms with van der Waals surface area (Å²) >= 11 is 5.92. The van der Waals surface area contributed by atoms with Crippen LogP contribution in [0.4, 0.5) is 5.69 Å². The van der Waals surface area contributed by atoms with Gasteiger partial charge in [0, 0.05) is 29.9 Å². The maximum Gasteiger partial charge on any atom is 0.229 e. The third kappa shape index (κ3) is 3.26. The molecule has 4 atom stereocenters. The maximum atomic E-state index is 12.6. The van der Waals surface area contributed by atoms with E-state index < -0.39 is 5.92 Å². The first-order valence-corrected chi connectivity index (χ1v) is 9.50. The fraction of sp³-hybridized carbons (Fsp3) is 0.556. The van der Waals surface area contributed by atoms with Crippen molar-refractivity contribution in [1.82, 2.24) is 15.8 Å². The molecule has 2 heterocycles. The molecule has 3 fully saturated rings. The number of halogens is 1. The number of nitrogens with one attached hydrogen (secondary N) is 3. The zero-order valence-electron chi connectivity index (χ0n) is 14.4. The molecule has 3 aliphatic rings. The number of rotatable bonds is 3. The fourth-order valence-electron chi connectivity index (χ4n) is 4.34. The lowest BCUT2D eigenvalue weighted by atomic mass is 9.84. The van der Waals surface area contributed by atoms with Crippen molar-refractivity contribution in [1.29, 1.82) is 0 Å². The molecule has 1 aromatic rings. The minimum atomic E-state index is -0.440. The van der Waals surface area contributed by atoms with Gasteiger partial charge in [-0.3, -0.25) is 15.0 Å². The topological polar surface area (TPSA) is 93.7 Å². The number of likely N-dealkylation sites (tertiary alicyclic amines) is 1. The van der Waals surface area contributed by atoms with E-state index in [1.54, 1.807) is 11.0 Å². The van der Waals surface area contributed by atoms with Gasteiger partial charge in [-0.2, -0.15) is 0 Å². The average molecular weight is 379 g/mol. The molecule has 4 N–H and O–H groups in total. The molecule has 2 aliphatic heterocycles. The number of phenolic OH excluding ortho intramolecular Hbond substituents is 1.